The van der Waals surface area contributed by atoms with Crippen molar-refractivity contribution in [3.05, 3.63) is 28.2 Å². The molecule has 1 saturated carbocycles. The molecule has 2 rings (SSSR count). The number of halogens is 1. The van der Waals surface area contributed by atoms with Crippen LogP contribution in [-0.2, 0) is 4.79 Å². The number of hydrogen-bond acceptors (Lipinski definition) is 3. The highest BCUT2D eigenvalue weighted by molar-refractivity contribution is 9.10. The van der Waals surface area contributed by atoms with Gasteiger partial charge >= 0.3 is 0 Å². The van der Waals surface area contributed by atoms with Crippen LogP contribution in [0, 0.1) is 12.8 Å². The summed E-state index contributed by atoms with van der Waals surface area (Å²) in [6.07, 6.45) is 3.53. The van der Waals surface area contributed by atoms with Crippen LogP contribution >= 0.6 is 15.9 Å². The van der Waals surface area contributed by atoms with Gasteiger partial charge in [-0.1, -0.05) is 22.4 Å². The van der Waals surface area contributed by atoms with Crippen molar-refractivity contribution < 1.29 is 4.79 Å². The van der Waals surface area contributed by atoms with Gasteiger partial charge in [-0.2, -0.15) is 0 Å². The van der Waals surface area contributed by atoms with Crippen LogP contribution in [0.15, 0.2) is 22.7 Å². The Hall–Kier alpha value is -0.910. The molecule has 2 atom stereocenters. The van der Waals surface area contributed by atoms with Gasteiger partial charge in [-0.15, -0.1) is 0 Å². The maximum atomic E-state index is 12.2. The van der Waals surface area contributed by atoms with Crippen molar-refractivity contribution in [2.24, 2.45) is 11.7 Å². The number of carbonyl (C=O) groups is 1. The van der Waals surface area contributed by atoms with Gasteiger partial charge in [-0.25, -0.2) is 0 Å². The van der Waals surface area contributed by atoms with Gasteiger partial charge in [0.1, 0.15) is 0 Å². The van der Waals surface area contributed by atoms with Crippen molar-refractivity contribution in [2.45, 2.75) is 32.2 Å². The summed E-state index contributed by atoms with van der Waals surface area (Å²) < 4.78 is 1.02. The van der Waals surface area contributed by atoms with Gasteiger partial charge in [0.15, 0.2) is 0 Å². The number of aryl methyl sites for hydroxylation is 1. The zero-order valence-electron chi connectivity index (χ0n) is 12.7. The maximum absolute atomic E-state index is 12.2. The van der Waals surface area contributed by atoms with E-state index in [1.54, 1.807) is 0 Å². The average Bonchev–Trinajstić information content (AvgIpc) is 2.90. The number of nitrogens with two attached hydrogens (primary N) is 1. The Morgan fingerprint density at radius 1 is 1.48 bits per heavy atom. The standard InChI is InChI=1S/C16H24BrN3O/c1-11-8-13(17)6-7-14(11)19-16(21)10-20(2)15-5-3-4-12(15)9-18/h6-8,12,15H,3-5,9-10,18H2,1-2H3,(H,19,21). The molecule has 2 unspecified atom stereocenters. The number of nitrogens with zero attached hydrogens (tertiary/aromatic N) is 1. The molecule has 1 aromatic rings. The van der Waals surface area contributed by atoms with Crippen LogP contribution < -0.4 is 11.1 Å². The van der Waals surface area contributed by atoms with E-state index in [1.807, 2.05) is 32.2 Å². The lowest BCUT2D eigenvalue weighted by Crippen LogP contribution is -2.41. The summed E-state index contributed by atoms with van der Waals surface area (Å²) >= 11 is 3.43. The molecule has 1 fully saturated rings. The second-order valence-electron chi connectivity index (χ2n) is 5.92. The monoisotopic (exact) mass is 353 g/mol. The minimum Gasteiger partial charge on any atom is -0.330 e. The number of benzene rings is 1. The van der Waals surface area contributed by atoms with Crippen LogP contribution in [0.4, 0.5) is 5.69 Å². The van der Waals surface area contributed by atoms with Gasteiger partial charge in [0.2, 0.25) is 5.91 Å². The van der Waals surface area contributed by atoms with Crippen molar-refractivity contribution in [3.63, 3.8) is 0 Å². The van der Waals surface area contributed by atoms with Crippen LogP contribution in [0.1, 0.15) is 24.8 Å². The van der Waals surface area contributed by atoms with E-state index in [0.29, 0.717) is 25.0 Å². The highest BCUT2D eigenvalue weighted by atomic mass is 79.9. The fourth-order valence-corrected chi connectivity index (χ4v) is 3.65. The minimum absolute atomic E-state index is 0.0330. The third kappa shape index (κ3) is 4.28. The Morgan fingerprint density at radius 3 is 2.90 bits per heavy atom. The van der Waals surface area contributed by atoms with E-state index in [1.165, 1.54) is 12.8 Å². The van der Waals surface area contributed by atoms with Crippen LogP contribution in [0.5, 0.6) is 0 Å². The molecule has 3 N–H and O–H groups in total. The fourth-order valence-electron chi connectivity index (χ4n) is 3.17. The zero-order chi connectivity index (χ0) is 15.4. The lowest BCUT2D eigenvalue weighted by molar-refractivity contribution is -0.117. The Morgan fingerprint density at radius 2 is 2.24 bits per heavy atom. The second kappa shape index (κ2) is 7.38. The van der Waals surface area contributed by atoms with E-state index < -0.39 is 0 Å². The molecule has 21 heavy (non-hydrogen) atoms. The molecule has 116 valence electrons. The van der Waals surface area contributed by atoms with Crippen molar-refractivity contribution >= 4 is 27.5 Å². The summed E-state index contributed by atoms with van der Waals surface area (Å²) in [5, 5.41) is 2.99. The molecule has 4 nitrogen and oxygen atoms in total. The lowest BCUT2D eigenvalue weighted by atomic mass is 10.0. The van der Waals surface area contributed by atoms with Crippen molar-refractivity contribution in [1.29, 1.82) is 0 Å². The Labute approximate surface area is 135 Å². The molecular weight excluding hydrogens is 330 g/mol. The highest BCUT2D eigenvalue weighted by Gasteiger charge is 2.30. The first-order valence-corrected chi connectivity index (χ1v) is 8.27. The van der Waals surface area contributed by atoms with Gasteiger partial charge < -0.3 is 11.1 Å². The summed E-state index contributed by atoms with van der Waals surface area (Å²) in [5.41, 5.74) is 7.75. The van der Waals surface area contributed by atoms with E-state index >= 15 is 0 Å². The Kier molecular flexibility index (Phi) is 5.79. The third-order valence-electron chi connectivity index (χ3n) is 4.34. The average molecular weight is 354 g/mol. The van der Waals surface area contributed by atoms with E-state index in [9.17, 15) is 4.79 Å². The number of carbonyl (C=O) groups excluding carboxylic acids is 1. The molecule has 0 radical (unpaired) electrons. The number of nitrogens with one attached hydrogen (secondary N) is 1. The topological polar surface area (TPSA) is 58.4 Å². The maximum Gasteiger partial charge on any atom is 0.238 e. The van der Waals surface area contributed by atoms with Crippen molar-refractivity contribution in [1.82, 2.24) is 4.90 Å². The number of amides is 1. The first-order valence-electron chi connectivity index (χ1n) is 7.47. The normalized spacial score (nSPS) is 21.8. The fraction of sp³-hybridized carbons (Fsp3) is 0.562. The quantitative estimate of drug-likeness (QED) is 0.855. The highest BCUT2D eigenvalue weighted by Crippen LogP contribution is 2.28. The summed E-state index contributed by atoms with van der Waals surface area (Å²) in [6, 6.07) is 6.30. The predicted octanol–water partition coefficient (Wildman–Crippen LogP) is 2.76. The third-order valence-corrected chi connectivity index (χ3v) is 4.84. The minimum atomic E-state index is 0.0330. The Bertz CT molecular complexity index is 506. The van der Waals surface area contributed by atoms with Gasteiger partial charge in [0.05, 0.1) is 6.54 Å². The van der Waals surface area contributed by atoms with Crippen molar-refractivity contribution in [3.8, 4) is 0 Å². The van der Waals surface area contributed by atoms with E-state index in [4.69, 9.17) is 5.73 Å². The lowest BCUT2D eigenvalue weighted by Gasteiger charge is -2.28. The first kappa shape index (κ1) is 16.5. The zero-order valence-corrected chi connectivity index (χ0v) is 14.3. The molecule has 0 bridgehead atoms. The summed E-state index contributed by atoms with van der Waals surface area (Å²) in [6.45, 7) is 3.12. The molecule has 5 heteroatoms. The van der Waals surface area contributed by atoms with E-state index in [-0.39, 0.29) is 5.91 Å². The summed E-state index contributed by atoms with van der Waals surface area (Å²) in [7, 11) is 2.02. The predicted molar refractivity (Wildman–Crippen MR) is 90.3 cm³/mol. The SMILES string of the molecule is Cc1cc(Br)ccc1NC(=O)CN(C)C1CCCC1CN. The van der Waals surface area contributed by atoms with E-state index in [2.05, 4.69) is 26.1 Å². The van der Waals surface area contributed by atoms with Crippen molar-refractivity contribution in [2.75, 3.05) is 25.5 Å². The van der Waals surface area contributed by atoms with Gasteiger partial charge in [0.25, 0.3) is 0 Å². The smallest absolute Gasteiger partial charge is 0.238 e. The Balaban J connectivity index is 1.92. The largest absolute Gasteiger partial charge is 0.330 e. The molecule has 1 amide bonds. The molecule has 1 aliphatic carbocycles. The summed E-state index contributed by atoms with van der Waals surface area (Å²) in [4.78, 5) is 14.4. The molecule has 0 saturated heterocycles. The van der Waals surface area contributed by atoms with Gasteiger partial charge in [-0.05, 0) is 63.0 Å². The van der Waals surface area contributed by atoms with Crippen LogP contribution in [0.3, 0.4) is 0 Å². The summed E-state index contributed by atoms with van der Waals surface area (Å²) in [5.74, 6) is 0.558. The molecule has 0 aliphatic heterocycles. The molecule has 1 aromatic carbocycles. The number of anilines is 1. The first-order chi connectivity index (χ1) is 10.0. The number of likely N-dealkylation sites (N-methyl/N-ethyl adjacent to an activating group) is 1. The number of hydrogen-bond donors (Lipinski definition) is 2. The van der Waals surface area contributed by atoms with Crippen LogP contribution in [-0.4, -0.2) is 37.0 Å². The van der Waals surface area contributed by atoms with E-state index in [0.717, 1.165) is 22.1 Å². The second-order valence-corrected chi connectivity index (χ2v) is 6.83. The van der Waals surface area contributed by atoms with Crippen LogP contribution in [0.25, 0.3) is 0 Å². The van der Waals surface area contributed by atoms with Gasteiger partial charge in [-0.3, -0.25) is 9.69 Å². The molecule has 1 aliphatic rings. The van der Waals surface area contributed by atoms with Crippen LogP contribution in [0.2, 0.25) is 0 Å². The number of rotatable bonds is 5. The molecule has 0 spiro atoms. The molecular formula is C16H24BrN3O. The van der Waals surface area contributed by atoms with Gasteiger partial charge in [0, 0.05) is 16.2 Å². The molecule has 0 heterocycles. The molecule has 0 aromatic heterocycles.